The van der Waals surface area contributed by atoms with Crippen molar-refractivity contribution in [3.63, 3.8) is 0 Å². The van der Waals surface area contributed by atoms with Crippen molar-refractivity contribution in [2.45, 2.75) is 90.0 Å². The molecule has 0 aliphatic carbocycles. The van der Waals surface area contributed by atoms with Crippen molar-refractivity contribution in [1.82, 2.24) is 10.2 Å². The zero-order chi connectivity index (χ0) is 22.8. The summed E-state index contributed by atoms with van der Waals surface area (Å²) in [6, 6.07) is -1.34. The summed E-state index contributed by atoms with van der Waals surface area (Å²) in [5.74, 6) is -2.15. The van der Waals surface area contributed by atoms with Gasteiger partial charge in [-0.15, -0.1) is 0 Å². The van der Waals surface area contributed by atoms with Crippen LogP contribution in [0.5, 0.6) is 0 Å². The van der Waals surface area contributed by atoms with Crippen LogP contribution >= 0.6 is 0 Å². The van der Waals surface area contributed by atoms with Crippen LogP contribution in [0.15, 0.2) is 0 Å². The summed E-state index contributed by atoms with van der Waals surface area (Å²) in [6.45, 7) is 8.40. The third-order valence-corrected chi connectivity index (χ3v) is 6.97. The van der Waals surface area contributed by atoms with Crippen molar-refractivity contribution in [1.29, 1.82) is 0 Å². The Morgan fingerprint density at radius 1 is 1.32 bits per heavy atom. The molecule has 31 heavy (non-hydrogen) atoms. The number of unbranched alkanes of at least 4 members (excludes halogenated alkanes) is 2. The molecular formula is C23H38N2O6. The van der Waals surface area contributed by atoms with Gasteiger partial charge in [0.25, 0.3) is 0 Å². The number of aliphatic hydroxyl groups is 1. The van der Waals surface area contributed by atoms with Crippen LogP contribution in [0, 0.1) is 17.8 Å². The van der Waals surface area contributed by atoms with E-state index < -0.39 is 41.6 Å². The van der Waals surface area contributed by atoms with Crippen molar-refractivity contribution < 1.29 is 29.0 Å². The number of carbonyl (C=O) groups excluding carboxylic acids is 3. The molecule has 3 saturated heterocycles. The van der Waals surface area contributed by atoms with E-state index in [-0.39, 0.29) is 30.9 Å². The monoisotopic (exact) mass is 438 g/mol. The smallest absolute Gasteiger partial charge is 0.312 e. The van der Waals surface area contributed by atoms with E-state index in [9.17, 15) is 19.5 Å². The number of carbonyl (C=O) groups is 3. The van der Waals surface area contributed by atoms with Crippen LogP contribution in [0.2, 0.25) is 0 Å². The van der Waals surface area contributed by atoms with E-state index in [4.69, 9.17) is 9.47 Å². The van der Waals surface area contributed by atoms with Crippen LogP contribution in [0.25, 0.3) is 0 Å². The van der Waals surface area contributed by atoms with Gasteiger partial charge in [-0.05, 0) is 38.5 Å². The molecule has 3 heterocycles. The number of ether oxygens (including phenoxy) is 2. The van der Waals surface area contributed by atoms with E-state index in [0.29, 0.717) is 25.8 Å². The van der Waals surface area contributed by atoms with Gasteiger partial charge in [0, 0.05) is 6.54 Å². The molecule has 0 aromatic carbocycles. The molecule has 2 unspecified atom stereocenters. The van der Waals surface area contributed by atoms with Gasteiger partial charge in [-0.2, -0.15) is 0 Å². The molecule has 6 atom stereocenters. The molecule has 3 fully saturated rings. The highest BCUT2D eigenvalue weighted by atomic mass is 16.6. The molecule has 0 aromatic rings. The summed E-state index contributed by atoms with van der Waals surface area (Å²) in [6.07, 6.45) is 4.26. The predicted octanol–water partition coefficient (Wildman–Crippen LogP) is 1.64. The summed E-state index contributed by atoms with van der Waals surface area (Å²) in [4.78, 5) is 41.4. The van der Waals surface area contributed by atoms with E-state index in [1.54, 1.807) is 6.92 Å². The van der Waals surface area contributed by atoms with Crippen molar-refractivity contribution in [2.24, 2.45) is 17.8 Å². The van der Waals surface area contributed by atoms with Crippen molar-refractivity contribution >= 4 is 17.8 Å². The van der Waals surface area contributed by atoms with E-state index in [2.05, 4.69) is 12.2 Å². The maximum absolute atomic E-state index is 13.7. The second-order valence-corrected chi connectivity index (χ2v) is 9.52. The number of nitrogens with one attached hydrogen (secondary N) is 1. The zero-order valence-electron chi connectivity index (χ0n) is 19.3. The van der Waals surface area contributed by atoms with Crippen LogP contribution in [0.3, 0.4) is 0 Å². The van der Waals surface area contributed by atoms with E-state index in [1.807, 2.05) is 13.8 Å². The van der Waals surface area contributed by atoms with Gasteiger partial charge in [0.15, 0.2) is 0 Å². The first-order chi connectivity index (χ1) is 14.8. The predicted molar refractivity (Wildman–Crippen MR) is 114 cm³/mol. The normalized spacial score (nSPS) is 32.5. The van der Waals surface area contributed by atoms with Gasteiger partial charge in [-0.3, -0.25) is 14.4 Å². The van der Waals surface area contributed by atoms with E-state index >= 15 is 0 Å². The molecule has 8 nitrogen and oxygen atoms in total. The number of rotatable bonds is 11. The molecule has 0 saturated carbocycles. The summed E-state index contributed by atoms with van der Waals surface area (Å²) in [5, 5.41) is 13.1. The molecule has 2 bridgehead atoms. The quantitative estimate of drug-likeness (QED) is 0.375. The number of amides is 2. The largest absolute Gasteiger partial charge is 0.466 e. The molecule has 176 valence electrons. The lowest BCUT2D eigenvalue weighted by Gasteiger charge is -2.37. The minimum absolute atomic E-state index is 0.230. The van der Waals surface area contributed by atoms with Crippen molar-refractivity contribution in [3.8, 4) is 0 Å². The lowest BCUT2D eigenvalue weighted by atomic mass is 9.71. The molecule has 0 radical (unpaired) electrons. The fraction of sp³-hybridized carbons (Fsp3) is 0.870. The maximum atomic E-state index is 13.7. The fourth-order valence-electron chi connectivity index (χ4n) is 5.79. The highest BCUT2D eigenvalue weighted by molar-refractivity contribution is 5.98. The average Bonchev–Trinajstić information content (AvgIpc) is 3.36. The number of fused-ring (bicyclic) bond motifs is 1. The Morgan fingerprint density at radius 2 is 2.06 bits per heavy atom. The van der Waals surface area contributed by atoms with Crippen LogP contribution in [0.4, 0.5) is 0 Å². The van der Waals surface area contributed by atoms with Crippen molar-refractivity contribution in [3.05, 3.63) is 0 Å². The topological polar surface area (TPSA) is 105 Å². The zero-order valence-corrected chi connectivity index (χ0v) is 19.3. The van der Waals surface area contributed by atoms with Gasteiger partial charge in [0.1, 0.15) is 11.6 Å². The summed E-state index contributed by atoms with van der Waals surface area (Å²) >= 11 is 0. The van der Waals surface area contributed by atoms with E-state index in [1.165, 1.54) is 4.90 Å². The second-order valence-electron chi connectivity index (χ2n) is 9.52. The molecular weight excluding hydrogens is 400 g/mol. The Hall–Kier alpha value is -1.67. The fourth-order valence-corrected chi connectivity index (χ4v) is 5.79. The minimum atomic E-state index is -1.03. The van der Waals surface area contributed by atoms with Gasteiger partial charge >= 0.3 is 5.97 Å². The van der Waals surface area contributed by atoms with Crippen LogP contribution in [-0.4, -0.2) is 71.3 Å². The minimum Gasteiger partial charge on any atom is -0.466 e. The Kier molecular flexibility index (Phi) is 7.63. The molecule has 2 amide bonds. The number of nitrogens with zero attached hydrogens (tertiary/aromatic N) is 1. The number of hydrogen-bond acceptors (Lipinski definition) is 6. The van der Waals surface area contributed by atoms with Crippen LogP contribution in [-0.2, 0) is 23.9 Å². The molecule has 3 aliphatic rings. The third-order valence-electron chi connectivity index (χ3n) is 6.97. The summed E-state index contributed by atoms with van der Waals surface area (Å²) in [7, 11) is 0. The average molecular weight is 439 g/mol. The molecule has 2 N–H and O–H groups in total. The molecule has 0 aromatic heterocycles. The van der Waals surface area contributed by atoms with Gasteiger partial charge in [0.05, 0.1) is 37.2 Å². The first-order valence-corrected chi connectivity index (χ1v) is 11.9. The van der Waals surface area contributed by atoms with Gasteiger partial charge in [0.2, 0.25) is 11.8 Å². The van der Waals surface area contributed by atoms with Gasteiger partial charge in [-0.1, -0.05) is 33.6 Å². The Bertz CT molecular complexity index is 683. The van der Waals surface area contributed by atoms with Crippen LogP contribution < -0.4 is 5.32 Å². The highest BCUT2D eigenvalue weighted by Crippen LogP contribution is 2.59. The highest BCUT2D eigenvalue weighted by Gasteiger charge is 2.75. The standard InChI is InChI=1S/C23H38N2O6/c1-5-7-8-11-24-20(27)19-23-10-9-16(31-23)17(22(29)30-6-2)18(23)21(28)25(19)15(13-26)12-14(3)4/h14-19,26H,5-13H2,1-4H3,(H,24,27)/t15-,16-,17+,18+,19?,23?/m1/s1. The number of aliphatic hydroxyl groups excluding tert-OH is 1. The summed E-state index contributed by atoms with van der Waals surface area (Å²) < 4.78 is 11.6. The van der Waals surface area contributed by atoms with Gasteiger partial charge < -0.3 is 24.8 Å². The third kappa shape index (κ3) is 4.21. The Balaban J connectivity index is 1.95. The number of hydrogen-bond donors (Lipinski definition) is 2. The number of esters is 1. The SMILES string of the molecule is CCCCCNC(=O)C1N([C@@H](CO)CC(C)C)C(=O)[C@@H]2[C@@H](C(=O)OCC)[C@H]3CCC12O3. The number of likely N-dealkylation sites (tertiary alicyclic amines) is 1. The second kappa shape index (κ2) is 9.86. The molecule has 1 spiro atoms. The molecule has 8 heteroatoms. The lowest BCUT2D eigenvalue weighted by Crippen LogP contribution is -2.58. The summed E-state index contributed by atoms with van der Waals surface area (Å²) in [5.41, 5.74) is -1.03. The first-order valence-electron chi connectivity index (χ1n) is 11.9. The Labute approximate surface area is 185 Å². The lowest BCUT2D eigenvalue weighted by molar-refractivity contribution is -0.155. The van der Waals surface area contributed by atoms with E-state index in [0.717, 1.165) is 19.3 Å². The first kappa shape index (κ1) is 24.0. The van der Waals surface area contributed by atoms with Crippen LogP contribution in [0.1, 0.15) is 66.2 Å². The molecule has 3 rings (SSSR count). The molecule has 3 aliphatic heterocycles. The maximum Gasteiger partial charge on any atom is 0.312 e. The Morgan fingerprint density at radius 3 is 2.68 bits per heavy atom. The van der Waals surface area contributed by atoms with Gasteiger partial charge in [-0.25, -0.2) is 0 Å². The van der Waals surface area contributed by atoms with Crippen molar-refractivity contribution in [2.75, 3.05) is 19.8 Å².